The SMILES string of the molecule is C[C@H]1C2=CC(=O)O[C@@H]2C[C@H]2[C@H]1C[C@@H](OC(=O)CCc1ccccc1)[C@@H]1[C@]2(C)CCC[C@@]1(C)C(=O)O. The van der Waals surface area contributed by atoms with Gasteiger partial charge in [-0.2, -0.15) is 0 Å². The molecule has 0 saturated heterocycles. The number of carboxylic acid groups (broad SMARTS) is 1. The first-order chi connectivity index (χ1) is 16.6. The van der Waals surface area contributed by atoms with Gasteiger partial charge in [-0.05, 0) is 73.3 Å². The summed E-state index contributed by atoms with van der Waals surface area (Å²) < 4.78 is 11.8. The number of fused-ring (bicyclic) bond motifs is 4. The van der Waals surface area contributed by atoms with Crippen LogP contribution in [-0.4, -0.2) is 35.2 Å². The normalized spacial score (nSPS) is 40.0. The second-order valence-electron chi connectivity index (χ2n) is 11.7. The zero-order valence-electron chi connectivity index (χ0n) is 20.9. The fourth-order valence-corrected chi connectivity index (χ4v) is 8.21. The van der Waals surface area contributed by atoms with Crippen LogP contribution < -0.4 is 0 Å². The molecule has 1 aromatic carbocycles. The molecule has 5 rings (SSSR count). The summed E-state index contributed by atoms with van der Waals surface area (Å²) in [5.74, 6) is -1.07. The zero-order chi connectivity index (χ0) is 25.0. The van der Waals surface area contributed by atoms with Crippen molar-refractivity contribution in [2.24, 2.45) is 34.5 Å². The second-order valence-corrected chi connectivity index (χ2v) is 11.7. The van der Waals surface area contributed by atoms with E-state index in [9.17, 15) is 19.5 Å². The summed E-state index contributed by atoms with van der Waals surface area (Å²) in [6.45, 7) is 6.20. The summed E-state index contributed by atoms with van der Waals surface area (Å²) in [6.07, 6.45) is 5.51. The highest BCUT2D eigenvalue weighted by Crippen LogP contribution is 2.66. The highest BCUT2D eigenvalue weighted by Gasteiger charge is 2.65. The number of carbonyl (C=O) groups excluding carboxylic acids is 2. The molecule has 6 heteroatoms. The van der Waals surface area contributed by atoms with Gasteiger partial charge in [-0.1, -0.05) is 50.6 Å². The molecular weight excluding hydrogens is 444 g/mol. The number of esters is 2. The summed E-state index contributed by atoms with van der Waals surface area (Å²) in [7, 11) is 0. The number of aliphatic carboxylic acids is 1. The van der Waals surface area contributed by atoms with Crippen LogP contribution in [0.3, 0.4) is 0 Å². The first kappa shape index (κ1) is 24.1. The minimum atomic E-state index is -0.964. The van der Waals surface area contributed by atoms with Gasteiger partial charge in [0.1, 0.15) is 12.2 Å². The molecule has 0 bridgehead atoms. The number of benzene rings is 1. The molecule has 1 N–H and O–H groups in total. The Bertz CT molecular complexity index is 1050. The van der Waals surface area contributed by atoms with Crippen LogP contribution in [0.2, 0.25) is 0 Å². The van der Waals surface area contributed by atoms with Crippen molar-refractivity contribution >= 4 is 17.9 Å². The molecular formula is C29H36O6. The molecule has 0 amide bonds. The van der Waals surface area contributed by atoms with E-state index in [4.69, 9.17) is 9.47 Å². The molecule has 3 saturated carbocycles. The fraction of sp³-hybridized carbons (Fsp3) is 0.621. The lowest BCUT2D eigenvalue weighted by Crippen LogP contribution is -2.63. The first-order valence-corrected chi connectivity index (χ1v) is 13.0. The van der Waals surface area contributed by atoms with Crippen LogP contribution in [0.25, 0.3) is 0 Å². The van der Waals surface area contributed by atoms with Crippen LogP contribution in [0.1, 0.15) is 64.9 Å². The number of carboxylic acids is 1. The topological polar surface area (TPSA) is 89.9 Å². The van der Waals surface area contributed by atoms with Crippen molar-refractivity contribution in [2.45, 2.75) is 77.9 Å². The van der Waals surface area contributed by atoms with Crippen molar-refractivity contribution in [3.63, 3.8) is 0 Å². The van der Waals surface area contributed by atoms with E-state index in [1.54, 1.807) is 6.08 Å². The molecule has 0 aromatic heterocycles. The fourth-order valence-electron chi connectivity index (χ4n) is 8.21. The molecule has 8 atom stereocenters. The molecule has 0 radical (unpaired) electrons. The van der Waals surface area contributed by atoms with E-state index >= 15 is 0 Å². The smallest absolute Gasteiger partial charge is 0.331 e. The van der Waals surface area contributed by atoms with Gasteiger partial charge < -0.3 is 14.6 Å². The largest absolute Gasteiger partial charge is 0.481 e. The molecule has 0 unspecified atom stereocenters. The lowest BCUT2D eigenvalue weighted by molar-refractivity contribution is -0.211. The molecule has 1 heterocycles. The molecule has 6 nitrogen and oxygen atoms in total. The number of rotatable bonds is 5. The van der Waals surface area contributed by atoms with Crippen LogP contribution in [0.15, 0.2) is 42.0 Å². The molecule has 3 aliphatic carbocycles. The van der Waals surface area contributed by atoms with Crippen molar-refractivity contribution < 1.29 is 29.0 Å². The Kier molecular flexibility index (Phi) is 6.05. The van der Waals surface area contributed by atoms with Gasteiger partial charge in [-0.3, -0.25) is 9.59 Å². The Hall–Kier alpha value is -2.63. The van der Waals surface area contributed by atoms with Gasteiger partial charge in [-0.25, -0.2) is 4.79 Å². The maximum absolute atomic E-state index is 13.1. The molecule has 1 aromatic rings. The third-order valence-electron chi connectivity index (χ3n) is 9.83. The number of hydrogen-bond donors (Lipinski definition) is 1. The van der Waals surface area contributed by atoms with Crippen molar-refractivity contribution in [2.75, 3.05) is 0 Å². The first-order valence-electron chi connectivity index (χ1n) is 13.0. The van der Waals surface area contributed by atoms with E-state index in [1.807, 2.05) is 37.3 Å². The number of hydrogen-bond acceptors (Lipinski definition) is 5. The monoisotopic (exact) mass is 480 g/mol. The standard InChI is InChI=1S/C29H36O6/c1-17-19-14-23(35-24(30)11-10-18-8-5-4-6-9-18)26-28(2,12-7-13-29(26,3)27(32)33)21(19)16-22-20(17)15-25(31)34-22/h4-6,8-9,15,17,19,21-23,26H,7,10-14,16H2,1-3H3,(H,32,33)/t17-,19+,21+,22-,23-,26-,28-,29-/m1/s1. The molecule has 188 valence electrons. The summed E-state index contributed by atoms with van der Waals surface area (Å²) in [5, 5.41) is 10.4. The van der Waals surface area contributed by atoms with Gasteiger partial charge in [0.05, 0.1) is 5.41 Å². The van der Waals surface area contributed by atoms with E-state index in [1.165, 1.54) is 0 Å². The van der Waals surface area contributed by atoms with Crippen molar-refractivity contribution in [1.29, 1.82) is 0 Å². The van der Waals surface area contributed by atoms with Crippen LogP contribution in [-0.2, 0) is 30.3 Å². The second kappa shape index (κ2) is 8.79. The van der Waals surface area contributed by atoms with Gasteiger partial charge in [-0.15, -0.1) is 0 Å². The Morgan fingerprint density at radius 2 is 1.89 bits per heavy atom. The number of carbonyl (C=O) groups is 3. The lowest BCUT2D eigenvalue weighted by atomic mass is 9.42. The van der Waals surface area contributed by atoms with Crippen molar-refractivity contribution in [3.05, 3.63) is 47.5 Å². The Labute approximate surface area is 207 Å². The third kappa shape index (κ3) is 3.99. The molecule has 3 fully saturated rings. The van der Waals surface area contributed by atoms with E-state index in [0.717, 1.165) is 30.4 Å². The van der Waals surface area contributed by atoms with Crippen LogP contribution in [0.5, 0.6) is 0 Å². The average molecular weight is 481 g/mol. The quantitative estimate of drug-likeness (QED) is 0.600. The van der Waals surface area contributed by atoms with Gasteiger partial charge in [0.2, 0.25) is 0 Å². The van der Waals surface area contributed by atoms with Gasteiger partial charge >= 0.3 is 17.9 Å². The Morgan fingerprint density at radius 3 is 2.60 bits per heavy atom. The summed E-state index contributed by atoms with van der Waals surface area (Å²) in [6, 6.07) is 9.86. The summed E-state index contributed by atoms with van der Waals surface area (Å²) in [4.78, 5) is 37.8. The molecule has 35 heavy (non-hydrogen) atoms. The van der Waals surface area contributed by atoms with Crippen LogP contribution >= 0.6 is 0 Å². The van der Waals surface area contributed by atoms with Crippen LogP contribution in [0, 0.1) is 34.5 Å². The van der Waals surface area contributed by atoms with E-state index < -0.39 is 17.5 Å². The highest BCUT2D eigenvalue weighted by molar-refractivity contribution is 5.86. The van der Waals surface area contributed by atoms with Gasteiger partial charge in [0.25, 0.3) is 0 Å². The van der Waals surface area contributed by atoms with E-state index in [0.29, 0.717) is 19.3 Å². The minimum absolute atomic E-state index is 0.131. The zero-order valence-corrected chi connectivity index (χ0v) is 20.9. The van der Waals surface area contributed by atoms with E-state index in [-0.39, 0.29) is 53.6 Å². The maximum atomic E-state index is 13.1. The average Bonchev–Trinajstić information content (AvgIpc) is 3.20. The maximum Gasteiger partial charge on any atom is 0.331 e. The number of aryl methyl sites for hydroxylation is 1. The highest BCUT2D eigenvalue weighted by atomic mass is 16.6. The van der Waals surface area contributed by atoms with E-state index in [2.05, 4.69) is 13.8 Å². The van der Waals surface area contributed by atoms with Gasteiger partial charge in [0.15, 0.2) is 0 Å². The summed E-state index contributed by atoms with van der Waals surface area (Å²) >= 11 is 0. The van der Waals surface area contributed by atoms with Crippen molar-refractivity contribution in [1.82, 2.24) is 0 Å². The lowest BCUT2D eigenvalue weighted by Gasteiger charge is -2.63. The number of ether oxygens (including phenoxy) is 2. The van der Waals surface area contributed by atoms with Gasteiger partial charge in [0, 0.05) is 18.4 Å². The Balaban J connectivity index is 1.45. The summed E-state index contributed by atoms with van der Waals surface area (Å²) in [5.41, 5.74) is 0.849. The molecule has 4 aliphatic rings. The predicted octanol–water partition coefficient (Wildman–Crippen LogP) is 4.96. The molecule has 0 spiro atoms. The van der Waals surface area contributed by atoms with Crippen LogP contribution in [0.4, 0.5) is 0 Å². The predicted molar refractivity (Wildman–Crippen MR) is 129 cm³/mol. The Morgan fingerprint density at radius 1 is 1.14 bits per heavy atom. The third-order valence-corrected chi connectivity index (χ3v) is 9.83. The van der Waals surface area contributed by atoms with Crippen molar-refractivity contribution in [3.8, 4) is 0 Å². The molecule has 1 aliphatic heterocycles. The minimum Gasteiger partial charge on any atom is -0.481 e.